The molecule has 1 fully saturated rings. The van der Waals surface area contributed by atoms with Gasteiger partial charge in [0.15, 0.2) is 5.13 Å². The van der Waals surface area contributed by atoms with Crippen molar-refractivity contribution in [2.75, 3.05) is 19.5 Å². The summed E-state index contributed by atoms with van der Waals surface area (Å²) in [5.74, 6) is -0.288. The Balaban J connectivity index is 2.21. The number of nitrogens with one attached hydrogen (secondary N) is 1. The number of hydrogen-bond acceptors (Lipinski definition) is 5. The molecule has 0 aromatic carbocycles. The minimum Gasteiger partial charge on any atom is -0.465 e. The molecular formula is C15H19N3O2S. The average molecular weight is 305 g/mol. The SMILES string of the molecule is CNc1nc(-c2c(C(=O)OC)c(C)n(C3CC3)c2C)cs1. The smallest absolute Gasteiger partial charge is 0.340 e. The molecule has 0 unspecified atom stereocenters. The second-order valence-electron chi connectivity index (χ2n) is 5.30. The van der Waals surface area contributed by atoms with Gasteiger partial charge >= 0.3 is 5.97 Å². The van der Waals surface area contributed by atoms with Crippen molar-refractivity contribution in [3.63, 3.8) is 0 Å². The van der Waals surface area contributed by atoms with Crippen LogP contribution in [0.4, 0.5) is 5.13 Å². The highest BCUT2D eigenvalue weighted by molar-refractivity contribution is 7.14. The van der Waals surface area contributed by atoms with E-state index >= 15 is 0 Å². The molecule has 2 aromatic rings. The van der Waals surface area contributed by atoms with Crippen molar-refractivity contribution in [1.29, 1.82) is 0 Å². The molecule has 1 N–H and O–H groups in total. The summed E-state index contributed by atoms with van der Waals surface area (Å²) in [6, 6.07) is 0.518. The topological polar surface area (TPSA) is 56.1 Å². The first-order chi connectivity index (χ1) is 10.1. The van der Waals surface area contributed by atoms with Crippen LogP contribution in [0.3, 0.4) is 0 Å². The number of hydrogen-bond donors (Lipinski definition) is 1. The van der Waals surface area contributed by atoms with E-state index in [0.29, 0.717) is 11.6 Å². The third kappa shape index (κ3) is 2.23. The molecule has 0 spiro atoms. The summed E-state index contributed by atoms with van der Waals surface area (Å²) in [6.07, 6.45) is 2.35. The molecule has 112 valence electrons. The second kappa shape index (κ2) is 5.18. The Morgan fingerprint density at radius 1 is 1.43 bits per heavy atom. The number of methoxy groups -OCH3 is 1. The van der Waals surface area contributed by atoms with Crippen LogP contribution in [0, 0.1) is 13.8 Å². The van der Waals surface area contributed by atoms with Gasteiger partial charge in [-0.05, 0) is 26.7 Å². The Bertz CT molecular complexity index is 698. The number of esters is 1. The maximum atomic E-state index is 12.2. The fraction of sp³-hybridized carbons (Fsp3) is 0.467. The minimum atomic E-state index is -0.288. The third-order valence-corrected chi connectivity index (χ3v) is 4.83. The molecule has 5 nitrogen and oxygen atoms in total. The van der Waals surface area contributed by atoms with E-state index in [4.69, 9.17) is 4.74 Å². The number of anilines is 1. The molecule has 0 bridgehead atoms. The molecule has 0 amide bonds. The van der Waals surface area contributed by atoms with Gasteiger partial charge in [-0.15, -0.1) is 11.3 Å². The number of ether oxygens (including phenoxy) is 1. The zero-order valence-corrected chi connectivity index (χ0v) is 13.5. The summed E-state index contributed by atoms with van der Waals surface area (Å²) < 4.78 is 7.25. The molecule has 3 rings (SSSR count). The Morgan fingerprint density at radius 3 is 2.67 bits per heavy atom. The summed E-state index contributed by atoms with van der Waals surface area (Å²) in [5.41, 5.74) is 4.47. The van der Waals surface area contributed by atoms with Gasteiger partial charge in [0.2, 0.25) is 0 Å². The van der Waals surface area contributed by atoms with Crippen LogP contribution in [0.15, 0.2) is 5.38 Å². The molecule has 6 heteroatoms. The van der Waals surface area contributed by atoms with Gasteiger partial charge in [-0.2, -0.15) is 0 Å². The lowest BCUT2D eigenvalue weighted by Gasteiger charge is -2.06. The van der Waals surface area contributed by atoms with Crippen molar-refractivity contribution >= 4 is 22.4 Å². The van der Waals surface area contributed by atoms with Gasteiger partial charge in [0.1, 0.15) is 0 Å². The van der Waals surface area contributed by atoms with E-state index in [1.54, 1.807) is 0 Å². The van der Waals surface area contributed by atoms with Crippen LogP contribution in [-0.2, 0) is 4.74 Å². The predicted octanol–water partition coefficient (Wildman–Crippen LogP) is 3.39. The van der Waals surface area contributed by atoms with Crippen molar-refractivity contribution in [2.24, 2.45) is 0 Å². The van der Waals surface area contributed by atoms with E-state index in [1.807, 2.05) is 19.4 Å². The van der Waals surface area contributed by atoms with E-state index in [-0.39, 0.29) is 5.97 Å². The zero-order chi connectivity index (χ0) is 15.1. The first kappa shape index (κ1) is 14.1. The standard InChI is InChI=1S/C15H19N3O2S/c1-8-12(11-7-21-15(16-3)17-11)13(14(19)20-4)9(2)18(8)10-5-6-10/h7,10H,5-6H2,1-4H3,(H,16,17). The number of nitrogens with zero attached hydrogens (tertiary/aromatic N) is 2. The largest absolute Gasteiger partial charge is 0.465 e. The van der Waals surface area contributed by atoms with Gasteiger partial charge in [-0.3, -0.25) is 0 Å². The highest BCUT2D eigenvalue weighted by Gasteiger charge is 2.33. The van der Waals surface area contributed by atoms with Gasteiger partial charge in [0.05, 0.1) is 18.4 Å². The third-order valence-electron chi connectivity index (χ3n) is 3.97. The lowest BCUT2D eigenvalue weighted by Crippen LogP contribution is -2.05. The van der Waals surface area contributed by atoms with E-state index in [1.165, 1.54) is 31.3 Å². The average Bonchev–Trinajstić information content (AvgIpc) is 3.12. The molecule has 0 radical (unpaired) electrons. The Hall–Kier alpha value is -1.82. The predicted molar refractivity (Wildman–Crippen MR) is 84.2 cm³/mol. The van der Waals surface area contributed by atoms with Gasteiger partial charge in [-0.25, -0.2) is 9.78 Å². The molecule has 2 heterocycles. The van der Waals surface area contributed by atoms with Gasteiger partial charge < -0.3 is 14.6 Å². The van der Waals surface area contributed by atoms with Gasteiger partial charge in [0.25, 0.3) is 0 Å². The Labute approximate surface area is 128 Å². The normalized spacial score (nSPS) is 14.3. The van der Waals surface area contributed by atoms with E-state index in [9.17, 15) is 4.79 Å². The van der Waals surface area contributed by atoms with Crippen molar-refractivity contribution in [3.05, 3.63) is 22.3 Å². The molecule has 1 aliphatic rings. The van der Waals surface area contributed by atoms with E-state index in [0.717, 1.165) is 27.8 Å². The molecule has 0 aliphatic heterocycles. The lowest BCUT2D eigenvalue weighted by atomic mass is 10.1. The van der Waals surface area contributed by atoms with Crippen LogP contribution in [0.25, 0.3) is 11.3 Å². The number of carbonyl (C=O) groups is 1. The van der Waals surface area contributed by atoms with Crippen LogP contribution >= 0.6 is 11.3 Å². The summed E-state index contributed by atoms with van der Waals surface area (Å²) >= 11 is 1.54. The molecule has 0 saturated heterocycles. The summed E-state index contributed by atoms with van der Waals surface area (Å²) in [6.45, 7) is 4.05. The summed E-state index contributed by atoms with van der Waals surface area (Å²) in [5, 5.41) is 5.87. The molecule has 1 saturated carbocycles. The zero-order valence-electron chi connectivity index (χ0n) is 12.7. The minimum absolute atomic E-state index is 0.288. The number of thiazole rings is 1. The van der Waals surface area contributed by atoms with Gasteiger partial charge in [0, 0.05) is 35.4 Å². The fourth-order valence-electron chi connectivity index (χ4n) is 2.90. The Morgan fingerprint density at radius 2 is 2.14 bits per heavy atom. The summed E-state index contributed by atoms with van der Waals surface area (Å²) in [7, 11) is 3.27. The van der Waals surface area contributed by atoms with Crippen LogP contribution in [0.5, 0.6) is 0 Å². The lowest BCUT2D eigenvalue weighted by molar-refractivity contribution is 0.0600. The first-order valence-electron chi connectivity index (χ1n) is 7.01. The van der Waals surface area contributed by atoms with Crippen molar-refractivity contribution in [1.82, 2.24) is 9.55 Å². The van der Waals surface area contributed by atoms with Crippen molar-refractivity contribution in [3.8, 4) is 11.3 Å². The quantitative estimate of drug-likeness (QED) is 0.880. The van der Waals surface area contributed by atoms with E-state index < -0.39 is 0 Å². The van der Waals surface area contributed by atoms with Crippen LogP contribution in [0.2, 0.25) is 0 Å². The number of carbonyl (C=O) groups excluding carboxylic acids is 1. The monoisotopic (exact) mass is 305 g/mol. The Kier molecular flexibility index (Phi) is 3.49. The van der Waals surface area contributed by atoms with Crippen LogP contribution < -0.4 is 5.32 Å². The summed E-state index contributed by atoms with van der Waals surface area (Å²) in [4.78, 5) is 16.8. The molecule has 0 atom stereocenters. The van der Waals surface area contributed by atoms with E-state index in [2.05, 4.69) is 21.8 Å². The fourth-order valence-corrected chi connectivity index (χ4v) is 3.57. The molecule has 1 aliphatic carbocycles. The maximum Gasteiger partial charge on any atom is 0.340 e. The van der Waals surface area contributed by atoms with Crippen molar-refractivity contribution < 1.29 is 9.53 Å². The second-order valence-corrected chi connectivity index (χ2v) is 6.16. The van der Waals surface area contributed by atoms with Crippen LogP contribution in [0.1, 0.15) is 40.6 Å². The van der Waals surface area contributed by atoms with Crippen LogP contribution in [-0.4, -0.2) is 29.7 Å². The highest BCUT2D eigenvalue weighted by atomic mass is 32.1. The molecule has 2 aromatic heterocycles. The first-order valence-corrected chi connectivity index (χ1v) is 7.89. The molecule has 21 heavy (non-hydrogen) atoms. The van der Waals surface area contributed by atoms with Gasteiger partial charge in [-0.1, -0.05) is 0 Å². The number of aromatic nitrogens is 2. The highest BCUT2D eigenvalue weighted by Crippen LogP contribution is 2.43. The van der Waals surface area contributed by atoms with Crippen molar-refractivity contribution in [2.45, 2.75) is 32.7 Å². The maximum absolute atomic E-state index is 12.2. The molecular weight excluding hydrogens is 286 g/mol. The number of rotatable bonds is 4.